The summed E-state index contributed by atoms with van der Waals surface area (Å²) in [5, 5.41) is 0. The van der Waals surface area contributed by atoms with Crippen LogP contribution in [0, 0.1) is 13.8 Å². The molecule has 0 amide bonds. The average Bonchev–Trinajstić information content (AvgIpc) is 3.16. The van der Waals surface area contributed by atoms with Crippen LogP contribution in [0.2, 0.25) is 0 Å². The molecule has 0 spiro atoms. The smallest absolute Gasteiger partial charge is 0.247 e. The van der Waals surface area contributed by atoms with Crippen LogP contribution in [0.1, 0.15) is 119 Å². The molecule has 0 saturated carbocycles. The third-order valence-corrected chi connectivity index (χ3v) is 6.78. The summed E-state index contributed by atoms with van der Waals surface area (Å²) in [6.07, 6.45) is 17.9. The number of H-pyrrole nitrogens is 2. The molecule has 296 valence electrons. The highest BCUT2D eigenvalue weighted by Gasteiger charge is 2.06. The van der Waals surface area contributed by atoms with E-state index in [1.807, 2.05) is 50.2 Å². The lowest BCUT2D eigenvalue weighted by molar-refractivity contribution is 0.240. The molecule has 0 unspecified atom stereocenters. The van der Waals surface area contributed by atoms with E-state index in [2.05, 4.69) is 71.3 Å². The van der Waals surface area contributed by atoms with Crippen molar-refractivity contribution in [3.8, 4) is 0 Å². The molecule has 4 aromatic heterocycles. The minimum atomic E-state index is -0.0532. The first-order valence-corrected chi connectivity index (χ1v) is 18.7. The number of likely N-dealkylation sites (tertiary alicyclic amines) is 2. The summed E-state index contributed by atoms with van der Waals surface area (Å²) >= 11 is 0. The lowest BCUT2D eigenvalue weighted by Crippen LogP contribution is -2.29. The summed E-state index contributed by atoms with van der Waals surface area (Å²) in [5.74, 6) is 0. The Bertz CT molecular complexity index is 1170. The van der Waals surface area contributed by atoms with Crippen LogP contribution in [-0.2, 0) is 0 Å². The van der Waals surface area contributed by atoms with E-state index >= 15 is 0 Å². The zero-order chi connectivity index (χ0) is 37.5. The maximum Gasteiger partial charge on any atom is 0.247 e. The summed E-state index contributed by atoms with van der Waals surface area (Å²) in [7, 11) is 0. The van der Waals surface area contributed by atoms with Gasteiger partial charge >= 0.3 is 0 Å². The third-order valence-electron chi connectivity index (χ3n) is 6.78. The van der Waals surface area contributed by atoms with Crippen molar-refractivity contribution < 1.29 is 0 Å². The molecule has 2 saturated heterocycles. The zero-order valence-electron chi connectivity index (χ0n) is 32.7. The molecule has 2 aliphatic heterocycles. The number of hydrogen-bond acceptors (Lipinski definition) is 6. The molecule has 0 atom stereocenters. The van der Waals surface area contributed by atoms with Crippen LogP contribution >= 0.6 is 0 Å². The second-order valence-corrected chi connectivity index (χ2v) is 11.8. The maximum atomic E-state index is 10.2. The Morgan fingerprint density at radius 2 is 0.808 bits per heavy atom. The highest BCUT2D eigenvalue weighted by molar-refractivity contribution is 5.00. The van der Waals surface area contributed by atoms with Gasteiger partial charge < -0.3 is 19.8 Å². The topological polar surface area (TPSA) is 98.0 Å². The summed E-state index contributed by atoms with van der Waals surface area (Å²) in [5.41, 5.74) is 2.04. The van der Waals surface area contributed by atoms with E-state index in [1.165, 1.54) is 103 Å². The highest BCUT2D eigenvalue weighted by atomic mass is 16.1. The second-order valence-electron chi connectivity index (χ2n) is 11.8. The van der Waals surface area contributed by atoms with Crippen molar-refractivity contribution in [1.82, 2.24) is 29.7 Å². The highest BCUT2D eigenvalue weighted by Crippen LogP contribution is 2.07. The lowest BCUT2D eigenvalue weighted by Gasteiger charge is -2.24. The maximum absolute atomic E-state index is 10.2. The van der Waals surface area contributed by atoms with Crippen molar-refractivity contribution in [2.24, 2.45) is 0 Å². The first-order chi connectivity index (χ1) is 24.3. The molecule has 8 nitrogen and oxygen atoms in total. The molecule has 52 heavy (non-hydrogen) atoms. The molecule has 6 rings (SSSR count). The summed E-state index contributed by atoms with van der Waals surface area (Å²) < 4.78 is 0. The normalized spacial score (nSPS) is 12.6. The van der Waals surface area contributed by atoms with E-state index in [0.29, 0.717) is 0 Å². The lowest BCUT2D eigenvalue weighted by atomic mass is 10.1. The van der Waals surface area contributed by atoms with Gasteiger partial charge in [0.05, 0.1) is 0 Å². The van der Waals surface area contributed by atoms with Crippen molar-refractivity contribution >= 4 is 0 Å². The second kappa shape index (κ2) is 43.3. The molecule has 2 N–H and O–H groups in total. The van der Waals surface area contributed by atoms with Gasteiger partial charge in [-0.05, 0) is 115 Å². The van der Waals surface area contributed by atoms with Crippen molar-refractivity contribution in [3.63, 3.8) is 0 Å². The van der Waals surface area contributed by atoms with Crippen molar-refractivity contribution in [2.45, 2.75) is 122 Å². The average molecular weight is 723 g/mol. The van der Waals surface area contributed by atoms with Crippen LogP contribution < -0.4 is 11.1 Å². The third kappa shape index (κ3) is 40.5. The van der Waals surface area contributed by atoms with Crippen LogP contribution in [0.3, 0.4) is 0 Å². The Morgan fingerprint density at radius 3 is 0.942 bits per heavy atom. The van der Waals surface area contributed by atoms with E-state index < -0.39 is 0 Å². The zero-order valence-corrected chi connectivity index (χ0v) is 32.7. The largest absolute Gasteiger partial charge is 0.329 e. The van der Waals surface area contributed by atoms with Crippen LogP contribution in [0.5, 0.6) is 0 Å². The van der Waals surface area contributed by atoms with E-state index in [1.54, 1.807) is 49.1 Å². The summed E-state index contributed by atoms with van der Waals surface area (Å²) in [6, 6.07) is 21.6. The van der Waals surface area contributed by atoms with Gasteiger partial charge in [-0.25, -0.2) is 0 Å². The Balaban J connectivity index is -0.000000256. The van der Waals surface area contributed by atoms with E-state index in [4.69, 9.17) is 0 Å². The van der Waals surface area contributed by atoms with Gasteiger partial charge in [0.2, 0.25) is 11.1 Å². The molecule has 0 aliphatic carbocycles. The molecule has 4 aromatic rings. The van der Waals surface area contributed by atoms with Gasteiger partial charge in [0.25, 0.3) is 0 Å². The summed E-state index contributed by atoms with van der Waals surface area (Å²) in [4.78, 5) is 38.4. The van der Waals surface area contributed by atoms with E-state index in [0.717, 1.165) is 11.4 Å². The Morgan fingerprint density at radius 1 is 0.500 bits per heavy atom. The Kier molecular flexibility index (Phi) is 45.7. The summed E-state index contributed by atoms with van der Waals surface area (Å²) in [6.45, 7) is 24.8. The molecule has 0 aromatic carbocycles. The Labute approximate surface area is 319 Å². The predicted molar refractivity (Wildman–Crippen MR) is 229 cm³/mol. The number of nitrogens with one attached hydrogen (secondary N) is 2. The first kappa shape index (κ1) is 54.9. The van der Waals surface area contributed by atoms with Crippen LogP contribution in [0.15, 0.2) is 107 Å². The molecule has 0 radical (unpaired) electrons. The molecule has 2 aliphatic rings. The monoisotopic (exact) mass is 723 g/mol. The van der Waals surface area contributed by atoms with E-state index in [-0.39, 0.29) is 26.0 Å². The van der Waals surface area contributed by atoms with Crippen LogP contribution in [0.4, 0.5) is 0 Å². The predicted octanol–water partition coefficient (Wildman–Crippen LogP) is 10.6. The molecular formula is C44H78N6O2. The van der Waals surface area contributed by atoms with E-state index in [9.17, 15) is 9.59 Å². The number of rotatable bonds is 2. The number of aromatic nitrogens is 4. The molecule has 6 heterocycles. The molecule has 2 fully saturated rings. The van der Waals surface area contributed by atoms with Crippen LogP contribution in [-0.4, -0.2) is 69.0 Å². The molecular weight excluding hydrogens is 645 g/mol. The Hall–Kier alpha value is -3.88. The molecule has 0 bridgehead atoms. The minimum Gasteiger partial charge on any atom is -0.329 e. The van der Waals surface area contributed by atoms with Gasteiger partial charge in [0, 0.05) is 48.3 Å². The number of piperidine rings is 2. The van der Waals surface area contributed by atoms with Crippen molar-refractivity contribution in [2.75, 3.05) is 39.3 Å². The van der Waals surface area contributed by atoms with Crippen LogP contribution in [0.25, 0.3) is 0 Å². The fourth-order valence-corrected chi connectivity index (χ4v) is 4.20. The van der Waals surface area contributed by atoms with Gasteiger partial charge in [-0.3, -0.25) is 19.6 Å². The number of pyridine rings is 4. The van der Waals surface area contributed by atoms with Gasteiger partial charge in [-0.15, -0.1) is 0 Å². The van der Waals surface area contributed by atoms with Gasteiger partial charge in [0.15, 0.2) is 0 Å². The number of hydrogen-bond donors (Lipinski definition) is 2. The van der Waals surface area contributed by atoms with Crippen molar-refractivity contribution in [3.05, 3.63) is 130 Å². The van der Waals surface area contributed by atoms with Crippen molar-refractivity contribution in [1.29, 1.82) is 0 Å². The number of nitrogens with zero attached hydrogens (tertiary/aromatic N) is 4. The first-order valence-electron chi connectivity index (χ1n) is 18.7. The van der Waals surface area contributed by atoms with Gasteiger partial charge in [0.1, 0.15) is 0 Å². The number of aryl methyl sites for hydroxylation is 2. The SMILES string of the molecule is C.C.CCC.CCC.CCN1CCCCC1.CCN1CCCCC1.Cc1ccccn1.Cc1ccccn1.O=c1cccc[nH]1.O=c1cccc[nH]1. The van der Waals surface area contributed by atoms with Gasteiger partial charge in [-0.1, -0.05) is 106 Å². The fourth-order valence-electron chi connectivity index (χ4n) is 4.20. The minimum absolute atomic E-state index is 0. The quantitative estimate of drug-likeness (QED) is 0.214. The standard InChI is InChI=1S/2C7H15N.2C6H7N.2C5H5NO.2C3H8.2CH4/c2*1-2-8-6-4-3-5-7-8;2*1-6-4-2-3-5-7-6;2*7-5-3-1-2-4-6-5;2*1-3-2;;/h2*2-7H2,1H3;2*2-5H,1H3;2*1-4H,(H,6,7);2*3H2,1-2H3;2*1H4. The number of aromatic amines is 2. The van der Waals surface area contributed by atoms with Gasteiger partial charge in [-0.2, -0.15) is 0 Å². The fraction of sp³-hybridized carbons (Fsp3) is 0.545. The molecule has 8 heteroatoms.